The molecule has 3 nitrogen and oxygen atoms in total. The van der Waals surface area contributed by atoms with Crippen LogP contribution in [-0.4, -0.2) is 29.4 Å². The van der Waals surface area contributed by atoms with Crippen LogP contribution >= 0.6 is 0 Å². The van der Waals surface area contributed by atoms with Gasteiger partial charge in [0.2, 0.25) is 5.91 Å². The van der Waals surface area contributed by atoms with Crippen molar-refractivity contribution in [3.8, 4) is 0 Å². The van der Waals surface area contributed by atoms with Crippen molar-refractivity contribution in [1.29, 1.82) is 0 Å². The molecular formula is C12H22N2O. The van der Waals surface area contributed by atoms with E-state index in [4.69, 9.17) is 5.73 Å². The van der Waals surface area contributed by atoms with Crippen LogP contribution in [-0.2, 0) is 4.79 Å². The summed E-state index contributed by atoms with van der Waals surface area (Å²) in [6, 6.07) is 0.0543. The summed E-state index contributed by atoms with van der Waals surface area (Å²) in [5.41, 5.74) is 5.79. The lowest BCUT2D eigenvalue weighted by Crippen LogP contribution is -2.47. The van der Waals surface area contributed by atoms with Gasteiger partial charge in [-0.05, 0) is 19.3 Å². The molecule has 3 heteroatoms. The molecule has 0 aliphatic heterocycles. The number of carbonyl (C=O) groups is 1. The van der Waals surface area contributed by atoms with Gasteiger partial charge in [-0.1, -0.05) is 25.8 Å². The second-order valence-electron chi connectivity index (χ2n) is 4.23. The lowest BCUT2D eigenvalue weighted by atomic mass is 10.1. The number of hydrogen-bond acceptors (Lipinski definition) is 2. The minimum atomic E-state index is -0.342. The highest BCUT2D eigenvalue weighted by atomic mass is 16.2. The molecule has 1 fully saturated rings. The van der Waals surface area contributed by atoms with E-state index in [0.717, 1.165) is 12.8 Å². The molecular weight excluding hydrogens is 188 g/mol. The van der Waals surface area contributed by atoms with Crippen molar-refractivity contribution in [3.63, 3.8) is 0 Å². The highest BCUT2D eigenvalue weighted by molar-refractivity contribution is 5.82. The Kier molecular flexibility index (Phi) is 4.82. The minimum Gasteiger partial charge on any atom is -0.335 e. The topological polar surface area (TPSA) is 46.3 Å². The van der Waals surface area contributed by atoms with Crippen LogP contribution in [0.4, 0.5) is 0 Å². The first-order chi connectivity index (χ1) is 7.20. The summed E-state index contributed by atoms with van der Waals surface area (Å²) in [6.45, 7) is 6.29. The van der Waals surface area contributed by atoms with Crippen LogP contribution in [0, 0.1) is 0 Å². The maximum absolute atomic E-state index is 12.0. The summed E-state index contributed by atoms with van der Waals surface area (Å²) in [6.07, 6.45) is 7.20. The van der Waals surface area contributed by atoms with Crippen molar-refractivity contribution in [2.45, 2.75) is 51.1 Å². The summed E-state index contributed by atoms with van der Waals surface area (Å²) >= 11 is 0. The quantitative estimate of drug-likeness (QED) is 0.702. The second kappa shape index (κ2) is 5.91. The molecule has 0 aromatic carbocycles. The fourth-order valence-electron chi connectivity index (χ4n) is 2.16. The molecule has 0 spiro atoms. The van der Waals surface area contributed by atoms with Crippen molar-refractivity contribution in [2.24, 2.45) is 5.73 Å². The molecule has 0 aromatic rings. The van der Waals surface area contributed by atoms with Crippen molar-refractivity contribution >= 4 is 5.91 Å². The standard InChI is InChI=1S/C12H22N2O/c1-3-9-14(10-7-5-6-8-10)12(15)11(13)4-2/h3,10-11H,1,4-9,13H2,2H3/t11-/m1/s1. The minimum absolute atomic E-state index is 0.0873. The van der Waals surface area contributed by atoms with Crippen LogP contribution in [0.15, 0.2) is 12.7 Å². The van der Waals surface area contributed by atoms with Crippen LogP contribution in [0.3, 0.4) is 0 Å². The third kappa shape index (κ3) is 3.06. The SMILES string of the molecule is C=CCN(C(=O)[C@H](N)CC)C1CCCC1. The van der Waals surface area contributed by atoms with E-state index in [-0.39, 0.29) is 11.9 Å². The molecule has 1 aliphatic carbocycles. The first-order valence-electron chi connectivity index (χ1n) is 5.87. The molecule has 1 rings (SSSR count). The van der Waals surface area contributed by atoms with Gasteiger partial charge in [-0.3, -0.25) is 4.79 Å². The maximum atomic E-state index is 12.0. The lowest BCUT2D eigenvalue weighted by Gasteiger charge is -2.30. The van der Waals surface area contributed by atoms with E-state index in [2.05, 4.69) is 6.58 Å². The van der Waals surface area contributed by atoms with Crippen LogP contribution in [0.1, 0.15) is 39.0 Å². The van der Waals surface area contributed by atoms with Gasteiger partial charge in [0, 0.05) is 12.6 Å². The third-order valence-corrected chi connectivity index (χ3v) is 3.13. The number of amides is 1. The summed E-state index contributed by atoms with van der Waals surface area (Å²) in [4.78, 5) is 13.9. The molecule has 2 N–H and O–H groups in total. The Labute approximate surface area is 92.3 Å². The van der Waals surface area contributed by atoms with Gasteiger partial charge < -0.3 is 10.6 Å². The van der Waals surface area contributed by atoms with Crippen molar-refractivity contribution < 1.29 is 4.79 Å². The summed E-state index contributed by atoms with van der Waals surface area (Å²) in [7, 11) is 0. The van der Waals surface area contributed by atoms with E-state index in [1.807, 2.05) is 11.8 Å². The van der Waals surface area contributed by atoms with Crippen LogP contribution in [0.5, 0.6) is 0 Å². The average Bonchev–Trinajstić information content (AvgIpc) is 2.77. The Morgan fingerprint density at radius 2 is 2.20 bits per heavy atom. The van der Waals surface area contributed by atoms with Gasteiger partial charge in [-0.2, -0.15) is 0 Å². The number of hydrogen-bond donors (Lipinski definition) is 1. The molecule has 0 radical (unpaired) electrons. The summed E-state index contributed by atoms with van der Waals surface area (Å²) in [5.74, 6) is 0.0873. The monoisotopic (exact) mass is 210 g/mol. The lowest BCUT2D eigenvalue weighted by molar-refractivity contribution is -0.134. The molecule has 0 unspecified atom stereocenters. The first-order valence-corrected chi connectivity index (χ1v) is 5.87. The number of carbonyl (C=O) groups excluding carboxylic acids is 1. The summed E-state index contributed by atoms with van der Waals surface area (Å²) < 4.78 is 0. The molecule has 15 heavy (non-hydrogen) atoms. The fourth-order valence-corrected chi connectivity index (χ4v) is 2.16. The average molecular weight is 210 g/mol. The van der Waals surface area contributed by atoms with Gasteiger partial charge in [0.25, 0.3) is 0 Å². The highest BCUT2D eigenvalue weighted by Gasteiger charge is 2.27. The van der Waals surface area contributed by atoms with Gasteiger partial charge >= 0.3 is 0 Å². The van der Waals surface area contributed by atoms with Crippen molar-refractivity contribution in [3.05, 3.63) is 12.7 Å². The second-order valence-corrected chi connectivity index (χ2v) is 4.23. The van der Waals surface area contributed by atoms with E-state index in [1.165, 1.54) is 12.8 Å². The first kappa shape index (κ1) is 12.2. The Balaban J connectivity index is 2.62. The number of rotatable bonds is 5. The predicted octanol–water partition coefficient (Wildman–Crippen LogP) is 1.68. The number of nitrogens with two attached hydrogens (primary N) is 1. The Hall–Kier alpha value is -0.830. The highest BCUT2D eigenvalue weighted by Crippen LogP contribution is 2.24. The maximum Gasteiger partial charge on any atom is 0.240 e. The van der Waals surface area contributed by atoms with Crippen molar-refractivity contribution in [1.82, 2.24) is 4.90 Å². The van der Waals surface area contributed by atoms with Gasteiger partial charge in [-0.15, -0.1) is 6.58 Å². The number of nitrogens with zero attached hydrogens (tertiary/aromatic N) is 1. The Morgan fingerprint density at radius 3 is 2.67 bits per heavy atom. The van der Waals surface area contributed by atoms with Crippen LogP contribution in [0.2, 0.25) is 0 Å². The molecule has 0 bridgehead atoms. The van der Waals surface area contributed by atoms with Crippen molar-refractivity contribution in [2.75, 3.05) is 6.54 Å². The van der Waals surface area contributed by atoms with E-state index >= 15 is 0 Å². The molecule has 0 heterocycles. The molecule has 1 saturated carbocycles. The van der Waals surface area contributed by atoms with Crippen LogP contribution in [0.25, 0.3) is 0 Å². The van der Waals surface area contributed by atoms with E-state index in [9.17, 15) is 4.79 Å². The zero-order chi connectivity index (χ0) is 11.3. The molecule has 0 aromatic heterocycles. The summed E-state index contributed by atoms with van der Waals surface area (Å²) in [5, 5.41) is 0. The van der Waals surface area contributed by atoms with Crippen LogP contribution < -0.4 is 5.73 Å². The normalized spacial score (nSPS) is 18.8. The Bertz CT molecular complexity index is 222. The molecule has 1 atom stereocenters. The van der Waals surface area contributed by atoms with E-state index in [1.54, 1.807) is 6.08 Å². The molecule has 86 valence electrons. The van der Waals surface area contributed by atoms with E-state index < -0.39 is 0 Å². The third-order valence-electron chi connectivity index (χ3n) is 3.13. The van der Waals surface area contributed by atoms with Gasteiger partial charge in [-0.25, -0.2) is 0 Å². The largest absolute Gasteiger partial charge is 0.335 e. The predicted molar refractivity (Wildman–Crippen MR) is 62.4 cm³/mol. The van der Waals surface area contributed by atoms with Gasteiger partial charge in [0.05, 0.1) is 6.04 Å². The van der Waals surface area contributed by atoms with Gasteiger partial charge in [0.1, 0.15) is 0 Å². The molecule has 1 aliphatic rings. The van der Waals surface area contributed by atoms with E-state index in [0.29, 0.717) is 19.0 Å². The Morgan fingerprint density at radius 1 is 1.60 bits per heavy atom. The smallest absolute Gasteiger partial charge is 0.240 e. The molecule has 0 saturated heterocycles. The zero-order valence-electron chi connectivity index (χ0n) is 9.61. The zero-order valence-corrected chi connectivity index (χ0v) is 9.61. The fraction of sp³-hybridized carbons (Fsp3) is 0.750. The molecule has 1 amide bonds. The van der Waals surface area contributed by atoms with Gasteiger partial charge in [0.15, 0.2) is 0 Å².